The van der Waals surface area contributed by atoms with Crippen LogP contribution in [0.1, 0.15) is 32.0 Å². The zero-order valence-corrected chi connectivity index (χ0v) is 20.7. The van der Waals surface area contributed by atoms with Gasteiger partial charge in [-0.1, -0.05) is 20.4 Å². The van der Waals surface area contributed by atoms with Crippen LogP contribution in [0.4, 0.5) is 29.2 Å². The zero-order chi connectivity index (χ0) is 26.1. The van der Waals surface area contributed by atoms with E-state index >= 15 is 0 Å². The Hall–Kier alpha value is -2.89. The summed E-state index contributed by atoms with van der Waals surface area (Å²) in [6.45, 7) is 10.4. The van der Waals surface area contributed by atoms with E-state index in [2.05, 4.69) is 16.5 Å². The van der Waals surface area contributed by atoms with E-state index in [9.17, 15) is 26.0 Å². The van der Waals surface area contributed by atoms with Gasteiger partial charge < -0.3 is 14.5 Å². The molecular formula is C23H28F4N4O3S. The molecule has 0 bridgehead atoms. The van der Waals surface area contributed by atoms with Gasteiger partial charge in [-0.05, 0) is 31.0 Å². The number of nitrogens with zero attached hydrogens (tertiary/aromatic N) is 4. The summed E-state index contributed by atoms with van der Waals surface area (Å²) in [5.74, 6) is -0.862. The van der Waals surface area contributed by atoms with Gasteiger partial charge in [0, 0.05) is 37.8 Å². The Balaban J connectivity index is 1.96. The second-order valence-electron chi connectivity index (χ2n) is 8.62. The van der Waals surface area contributed by atoms with Gasteiger partial charge in [0.05, 0.1) is 12.6 Å². The Morgan fingerprint density at radius 3 is 2.54 bits per heavy atom. The Morgan fingerprint density at radius 1 is 1.29 bits per heavy atom. The molecule has 7 nitrogen and oxygen atoms in total. The molecule has 1 atom stereocenters. The normalized spacial score (nSPS) is 17.1. The Bertz CT molecular complexity index is 1200. The number of piperazine rings is 1. The zero-order valence-electron chi connectivity index (χ0n) is 19.9. The molecule has 0 saturated carbocycles. The molecule has 1 aromatic carbocycles. The van der Waals surface area contributed by atoms with Crippen molar-refractivity contribution in [3.63, 3.8) is 0 Å². The lowest BCUT2D eigenvalue weighted by Gasteiger charge is -2.44. The highest BCUT2D eigenvalue weighted by Gasteiger charge is 2.38. The number of benzene rings is 1. The molecule has 0 amide bonds. The van der Waals surface area contributed by atoms with Crippen molar-refractivity contribution in [2.75, 3.05) is 42.3 Å². The first-order chi connectivity index (χ1) is 16.2. The lowest BCUT2D eigenvalue weighted by molar-refractivity contribution is -0.138. The largest absolute Gasteiger partial charge is 0.492 e. The van der Waals surface area contributed by atoms with Gasteiger partial charge in [-0.25, -0.2) is 22.8 Å². The molecule has 192 valence electrons. The topological polar surface area (TPSA) is 75.6 Å². The van der Waals surface area contributed by atoms with Crippen LogP contribution >= 0.6 is 0 Å². The first-order valence-electron chi connectivity index (χ1n) is 11.0. The fourth-order valence-corrected chi connectivity index (χ4v) is 4.77. The van der Waals surface area contributed by atoms with E-state index in [1.54, 1.807) is 6.92 Å². The quantitative estimate of drug-likeness (QED) is 0.399. The number of rotatable bonds is 7. The molecule has 0 unspecified atom stereocenters. The second kappa shape index (κ2) is 10.00. The number of anilines is 2. The molecular weight excluding hydrogens is 488 g/mol. The number of aromatic nitrogens is 2. The summed E-state index contributed by atoms with van der Waals surface area (Å²) in [7, 11) is -3.76. The van der Waals surface area contributed by atoms with Gasteiger partial charge in [-0.3, -0.25) is 0 Å². The van der Waals surface area contributed by atoms with Gasteiger partial charge in [0.1, 0.15) is 27.7 Å². The van der Waals surface area contributed by atoms with Crippen molar-refractivity contribution in [3.8, 4) is 0 Å². The third-order valence-electron chi connectivity index (χ3n) is 5.79. The summed E-state index contributed by atoms with van der Waals surface area (Å²) in [6.07, 6.45) is -2.99. The van der Waals surface area contributed by atoms with Crippen molar-refractivity contribution >= 4 is 27.2 Å². The van der Waals surface area contributed by atoms with E-state index in [0.29, 0.717) is 25.3 Å². The number of alkyl halides is 3. The fourth-order valence-electron chi connectivity index (χ4n) is 4.01. The number of sulfone groups is 1. The molecule has 1 fully saturated rings. The Kier molecular flexibility index (Phi) is 7.63. The highest BCUT2D eigenvalue weighted by Crippen LogP contribution is 2.35. The van der Waals surface area contributed by atoms with E-state index in [1.165, 1.54) is 12.1 Å². The summed E-state index contributed by atoms with van der Waals surface area (Å²) in [6, 6.07) is 3.71. The molecule has 1 saturated heterocycles. The van der Waals surface area contributed by atoms with Crippen molar-refractivity contribution < 1.29 is 30.7 Å². The van der Waals surface area contributed by atoms with E-state index in [1.807, 2.05) is 23.6 Å². The summed E-state index contributed by atoms with van der Waals surface area (Å²) >= 11 is 0. The van der Waals surface area contributed by atoms with Crippen LogP contribution in [0.2, 0.25) is 0 Å². The predicted octanol–water partition coefficient (Wildman–Crippen LogP) is 4.40. The summed E-state index contributed by atoms with van der Waals surface area (Å²) in [4.78, 5) is 11.6. The van der Waals surface area contributed by atoms with Crippen molar-refractivity contribution in [1.29, 1.82) is 0 Å². The van der Waals surface area contributed by atoms with Crippen LogP contribution in [0.5, 0.6) is 0 Å². The van der Waals surface area contributed by atoms with Gasteiger partial charge in [-0.15, -0.1) is 0 Å². The van der Waals surface area contributed by atoms with Crippen LogP contribution < -0.4 is 9.80 Å². The van der Waals surface area contributed by atoms with Gasteiger partial charge >= 0.3 is 6.18 Å². The van der Waals surface area contributed by atoms with Crippen molar-refractivity contribution in [1.82, 2.24) is 9.97 Å². The fraction of sp³-hybridized carbons (Fsp3) is 0.478. The average Bonchev–Trinajstić information content (AvgIpc) is 2.77. The molecule has 0 aliphatic carbocycles. The molecule has 2 heterocycles. The minimum atomic E-state index is -4.68. The van der Waals surface area contributed by atoms with E-state index in [-0.39, 0.29) is 35.2 Å². The molecule has 0 radical (unpaired) electrons. The molecule has 12 heteroatoms. The summed E-state index contributed by atoms with van der Waals surface area (Å²) in [5.41, 5.74) is -0.902. The molecule has 1 aromatic heterocycles. The van der Waals surface area contributed by atoms with Crippen LogP contribution in [0.25, 0.3) is 5.76 Å². The summed E-state index contributed by atoms with van der Waals surface area (Å²) in [5, 5.41) is 0. The molecule has 35 heavy (non-hydrogen) atoms. The van der Waals surface area contributed by atoms with Crippen LogP contribution in [0.3, 0.4) is 0 Å². The maximum Gasteiger partial charge on any atom is 0.420 e. The molecule has 0 spiro atoms. The molecule has 1 aliphatic heterocycles. The first kappa shape index (κ1) is 26.7. The van der Waals surface area contributed by atoms with Crippen LogP contribution in [-0.2, 0) is 20.8 Å². The molecule has 0 N–H and O–H groups in total. The van der Waals surface area contributed by atoms with E-state index in [4.69, 9.17) is 4.74 Å². The van der Waals surface area contributed by atoms with Crippen LogP contribution in [-0.4, -0.2) is 56.9 Å². The van der Waals surface area contributed by atoms with Crippen molar-refractivity contribution in [2.45, 2.75) is 37.9 Å². The Morgan fingerprint density at radius 2 is 1.97 bits per heavy atom. The van der Waals surface area contributed by atoms with E-state index < -0.39 is 33.1 Å². The molecule has 2 aromatic rings. The van der Waals surface area contributed by atoms with Crippen molar-refractivity contribution in [2.24, 2.45) is 5.92 Å². The van der Waals surface area contributed by atoms with Gasteiger partial charge in [-0.2, -0.15) is 13.2 Å². The third kappa shape index (κ3) is 5.85. The highest BCUT2D eigenvalue weighted by molar-refractivity contribution is 7.90. The first-order valence-corrected chi connectivity index (χ1v) is 12.9. The highest BCUT2D eigenvalue weighted by atomic mass is 32.2. The lowest BCUT2D eigenvalue weighted by Crippen LogP contribution is -2.56. The number of halogens is 4. The maximum atomic E-state index is 14.1. The van der Waals surface area contributed by atoms with E-state index in [0.717, 1.165) is 18.5 Å². The minimum Gasteiger partial charge on any atom is -0.492 e. The lowest BCUT2D eigenvalue weighted by atomic mass is 9.99. The standard InChI is InChI=1S/C23H28F4N4O3S/c1-6-34-15(4)21-17(23(25,26)27)12-28-22(29-21)31-10-9-30(13-19(31)14(2)3)16-7-8-18(24)20(11-16)35(5,32)33/h7-8,11-12,14,19H,4,6,9-10,13H2,1-3,5H3/t19-/m0/s1. The average molecular weight is 517 g/mol. The summed E-state index contributed by atoms with van der Waals surface area (Å²) < 4.78 is 83.8. The monoisotopic (exact) mass is 516 g/mol. The van der Waals surface area contributed by atoms with Gasteiger partial charge in [0.15, 0.2) is 9.84 Å². The van der Waals surface area contributed by atoms with Gasteiger partial charge in [0.25, 0.3) is 0 Å². The van der Waals surface area contributed by atoms with Crippen LogP contribution in [0, 0.1) is 11.7 Å². The number of hydrogen-bond donors (Lipinski definition) is 0. The predicted molar refractivity (Wildman–Crippen MR) is 125 cm³/mol. The van der Waals surface area contributed by atoms with Crippen LogP contribution in [0.15, 0.2) is 35.9 Å². The maximum absolute atomic E-state index is 14.1. The number of ether oxygens (including phenoxy) is 1. The molecule has 1 aliphatic rings. The van der Waals surface area contributed by atoms with Crippen molar-refractivity contribution in [3.05, 3.63) is 48.0 Å². The smallest absolute Gasteiger partial charge is 0.420 e. The minimum absolute atomic E-state index is 0.0389. The Labute approximate surface area is 202 Å². The number of hydrogen-bond acceptors (Lipinski definition) is 7. The van der Waals surface area contributed by atoms with Gasteiger partial charge in [0.2, 0.25) is 5.95 Å². The third-order valence-corrected chi connectivity index (χ3v) is 6.90. The second-order valence-corrected chi connectivity index (χ2v) is 10.6. The SMILES string of the molecule is C=C(OCC)c1nc(N2CCN(c3ccc(F)c(S(C)(=O)=O)c3)C[C@H]2C(C)C)ncc1C(F)(F)F. The molecule has 3 rings (SSSR count).